The Labute approximate surface area is 168 Å². The van der Waals surface area contributed by atoms with Crippen molar-refractivity contribution in [3.63, 3.8) is 0 Å². The number of ether oxygens (including phenoxy) is 1. The first-order valence-electron chi connectivity index (χ1n) is 9.74. The monoisotopic (exact) mass is 387 g/mol. The maximum absolute atomic E-state index is 11.1. The molecular weight excluding hydrogens is 366 g/mol. The van der Waals surface area contributed by atoms with Gasteiger partial charge in [-0.25, -0.2) is 4.68 Å². The van der Waals surface area contributed by atoms with E-state index in [1.165, 1.54) is 0 Å². The Kier molecular flexibility index (Phi) is 4.31. The zero-order valence-electron chi connectivity index (χ0n) is 15.9. The van der Waals surface area contributed by atoms with Crippen LogP contribution in [-0.2, 0) is 17.9 Å². The summed E-state index contributed by atoms with van der Waals surface area (Å²) in [5, 5.41) is 14.5. The normalized spacial score (nSPS) is 15.5. The molecule has 6 heteroatoms. The number of fused-ring (bicyclic) bond motifs is 3. The number of carboxylic acids is 1. The third-order valence-electron chi connectivity index (χ3n) is 5.56. The highest BCUT2D eigenvalue weighted by Gasteiger charge is 2.26. The molecule has 29 heavy (non-hydrogen) atoms. The Hall–Kier alpha value is -3.54. The Morgan fingerprint density at radius 3 is 2.79 bits per heavy atom. The first-order chi connectivity index (χ1) is 14.2. The standard InChI is InChI=1S/C23H21N3O3/c27-23(28)14-17-8-11-25-21-7-6-20(12-18(21)13-22(17)25)29-15-16-2-4-19(5-3-16)26-10-1-9-24-26/h1-7,9-10,12-13,17H,8,11,14-15H2,(H,27,28)/t17-/m0/s1. The van der Waals surface area contributed by atoms with E-state index in [1.807, 2.05) is 53.3 Å². The Morgan fingerprint density at radius 1 is 1.17 bits per heavy atom. The van der Waals surface area contributed by atoms with E-state index in [0.717, 1.165) is 46.6 Å². The van der Waals surface area contributed by atoms with Crippen LogP contribution >= 0.6 is 0 Å². The average Bonchev–Trinajstić information content (AvgIpc) is 3.44. The number of rotatable bonds is 6. The summed E-state index contributed by atoms with van der Waals surface area (Å²) in [6.45, 7) is 1.36. The van der Waals surface area contributed by atoms with E-state index in [4.69, 9.17) is 9.84 Å². The molecule has 0 amide bonds. The van der Waals surface area contributed by atoms with E-state index in [0.29, 0.717) is 6.61 Å². The van der Waals surface area contributed by atoms with E-state index >= 15 is 0 Å². The van der Waals surface area contributed by atoms with Crippen LogP contribution in [0.4, 0.5) is 0 Å². The Morgan fingerprint density at radius 2 is 2.03 bits per heavy atom. The summed E-state index contributed by atoms with van der Waals surface area (Å²) in [4.78, 5) is 11.1. The van der Waals surface area contributed by atoms with Crippen molar-refractivity contribution < 1.29 is 14.6 Å². The van der Waals surface area contributed by atoms with Crippen LogP contribution in [0.1, 0.15) is 30.0 Å². The van der Waals surface area contributed by atoms with Crippen molar-refractivity contribution in [3.8, 4) is 11.4 Å². The van der Waals surface area contributed by atoms with Gasteiger partial charge in [-0.15, -0.1) is 0 Å². The molecule has 0 saturated carbocycles. The number of carboxylic acid groups (broad SMARTS) is 1. The SMILES string of the molecule is O=C(O)C[C@@H]1CCn2c1cc1cc(OCc3ccc(-n4cccn4)cc3)ccc12. The third kappa shape index (κ3) is 3.38. The highest BCUT2D eigenvalue weighted by molar-refractivity contribution is 5.83. The number of benzene rings is 2. The summed E-state index contributed by atoms with van der Waals surface area (Å²) < 4.78 is 10.1. The fourth-order valence-corrected chi connectivity index (χ4v) is 4.13. The second-order valence-electron chi connectivity index (χ2n) is 7.43. The molecule has 0 spiro atoms. The van der Waals surface area contributed by atoms with Crippen molar-refractivity contribution in [2.24, 2.45) is 0 Å². The molecule has 2 aromatic heterocycles. The van der Waals surface area contributed by atoms with Gasteiger partial charge in [-0.2, -0.15) is 5.10 Å². The molecule has 146 valence electrons. The second kappa shape index (κ2) is 7.13. The molecule has 1 atom stereocenters. The van der Waals surface area contributed by atoms with Gasteiger partial charge in [0.2, 0.25) is 0 Å². The van der Waals surface area contributed by atoms with E-state index in [9.17, 15) is 4.79 Å². The lowest BCUT2D eigenvalue weighted by atomic mass is 10.0. The van der Waals surface area contributed by atoms with Gasteiger partial charge in [0.15, 0.2) is 0 Å². The molecule has 6 nitrogen and oxygen atoms in total. The number of hydrogen-bond donors (Lipinski definition) is 1. The predicted octanol–water partition coefficient (Wildman–Crippen LogP) is 4.37. The molecular formula is C23H21N3O3. The number of nitrogens with zero attached hydrogens (tertiary/aromatic N) is 3. The summed E-state index contributed by atoms with van der Waals surface area (Å²) in [7, 11) is 0. The third-order valence-corrected chi connectivity index (χ3v) is 5.56. The number of aryl methyl sites for hydroxylation is 1. The maximum atomic E-state index is 11.1. The van der Waals surface area contributed by atoms with E-state index < -0.39 is 5.97 Å². The van der Waals surface area contributed by atoms with Crippen LogP contribution < -0.4 is 4.74 Å². The van der Waals surface area contributed by atoms with Crippen molar-refractivity contribution in [2.75, 3.05) is 0 Å². The van der Waals surface area contributed by atoms with Gasteiger partial charge in [-0.3, -0.25) is 4.79 Å². The first-order valence-corrected chi connectivity index (χ1v) is 9.74. The summed E-state index contributed by atoms with van der Waals surface area (Å²) in [5.41, 5.74) is 4.36. The van der Waals surface area contributed by atoms with Crippen molar-refractivity contribution in [1.82, 2.24) is 14.3 Å². The number of aliphatic carboxylic acids is 1. The van der Waals surface area contributed by atoms with Crippen molar-refractivity contribution >= 4 is 16.9 Å². The molecule has 0 aliphatic carbocycles. The molecule has 0 unspecified atom stereocenters. The van der Waals surface area contributed by atoms with E-state index in [1.54, 1.807) is 6.20 Å². The van der Waals surface area contributed by atoms with E-state index in [2.05, 4.69) is 21.8 Å². The quantitative estimate of drug-likeness (QED) is 0.533. The van der Waals surface area contributed by atoms with Gasteiger partial charge in [0, 0.05) is 41.5 Å². The molecule has 3 heterocycles. The topological polar surface area (TPSA) is 69.3 Å². The predicted molar refractivity (Wildman–Crippen MR) is 109 cm³/mol. The Balaban J connectivity index is 1.31. The second-order valence-corrected chi connectivity index (χ2v) is 7.43. The van der Waals surface area contributed by atoms with Crippen LogP contribution in [-0.4, -0.2) is 25.4 Å². The van der Waals surface area contributed by atoms with E-state index in [-0.39, 0.29) is 12.3 Å². The minimum absolute atomic E-state index is 0.0950. The molecule has 1 aliphatic heterocycles. The largest absolute Gasteiger partial charge is 0.489 e. The molecule has 5 rings (SSSR count). The molecule has 1 aliphatic rings. The smallest absolute Gasteiger partial charge is 0.304 e. The van der Waals surface area contributed by atoms with Gasteiger partial charge in [0.05, 0.1) is 12.1 Å². The van der Waals surface area contributed by atoms with Crippen LogP contribution in [0.3, 0.4) is 0 Å². The van der Waals surface area contributed by atoms with Gasteiger partial charge in [0.1, 0.15) is 12.4 Å². The summed E-state index contributed by atoms with van der Waals surface area (Å²) >= 11 is 0. The molecule has 1 N–H and O–H groups in total. The molecule has 2 aromatic carbocycles. The zero-order valence-corrected chi connectivity index (χ0v) is 15.9. The van der Waals surface area contributed by atoms with Gasteiger partial charge >= 0.3 is 5.97 Å². The van der Waals surface area contributed by atoms with Crippen molar-refractivity contribution in [3.05, 3.63) is 78.2 Å². The Bertz CT molecular complexity index is 1160. The number of carbonyl (C=O) groups is 1. The van der Waals surface area contributed by atoms with Gasteiger partial charge in [0.25, 0.3) is 0 Å². The highest BCUT2D eigenvalue weighted by atomic mass is 16.5. The van der Waals surface area contributed by atoms with Gasteiger partial charge < -0.3 is 14.4 Å². The molecule has 0 radical (unpaired) electrons. The lowest BCUT2D eigenvalue weighted by molar-refractivity contribution is -0.137. The summed E-state index contributed by atoms with van der Waals surface area (Å²) in [6, 6.07) is 18.2. The van der Waals surface area contributed by atoms with Crippen LogP contribution in [0.5, 0.6) is 5.75 Å². The molecule has 0 saturated heterocycles. The van der Waals surface area contributed by atoms with Crippen LogP contribution in [0.2, 0.25) is 0 Å². The summed E-state index contributed by atoms with van der Waals surface area (Å²) in [5.74, 6) is 0.168. The lowest BCUT2D eigenvalue weighted by Crippen LogP contribution is -2.02. The van der Waals surface area contributed by atoms with Crippen LogP contribution in [0.15, 0.2) is 67.0 Å². The number of aromatic nitrogens is 3. The first kappa shape index (κ1) is 17.6. The van der Waals surface area contributed by atoms with Crippen LogP contribution in [0, 0.1) is 0 Å². The summed E-state index contributed by atoms with van der Waals surface area (Å²) in [6.07, 6.45) is 4.75. The van der Waals surface area contributed by atoms with Gasteiger partial charge in [-0.05, 0) is 54.4 Å². The van der Waals surface area contributed by atoms with Crippen molar-refractivity contribution in [2.45, 2.75) is 31.9 Å². The average molecular weight is 387 g/mol. The number of hydrogen-bond acceptors (Lipinski definition) is 3. The minimum Gasteiger partial charge on any atom is -0.489 e. The zero-order chi connectivity index (χ0) is 19.8. The minimum atomic E-state index is -0.740. The van der Waals surface area contributed by atoms with Crippen molar-refractivity contribution in [1.29, 1.82) is 0 Å². The highest BCUT2D eigenvalue weighted by Crippen LogP contribution is 2.37. The maximum Gasteiger partial charge on any atom is 0.304 e. The van der Waals surface area contributed by atoms with Crippen LogP contribution in [0.25, 0.3) is 16.6 Å². The molecule has 0 fully saturated rings. The molecule has 0 bridgehead atoms. The van der Waals surface area contributed by atoms with Gasteiger partial charge in [-0.1, -0.05) is 12.1 Å². The lowest BCUT2D eigenvalue weighted by Gasteiger charge is -2.08. The fraction of sp³-hybridized carbons (Fsp3) is 0.217. The fourth-order valence-electron chi connectivity index (χ4n) is 4.13. The molecule has 4 aromatic rings.